The number of fused-ring (bicyclic) bond motifs is 1. The number of aromatic nitrogens is 5. The van der Waals surface area contributed by atoms with Gasteiger partial charge in [-0.3, -0.25) is 9.67 Å². The zero-order valence-electron chi connectivity index (χ0n) is 21.0. The van der Waals surface area contributed by atoms with Gasteiger partial charge in [0.1, 0.15) is 11.4 Å². The van der Waals surface area contributed by atoms with Gasteiger partial charge in [-0.25, -0.2) is 23.5 Å². The molecule has 0 spiro atoms. The van der Waals surface area contributed by atoms with E-state index in [2.05, 4.69) is 20.1 Å². The van der Waals surface area contributed by atoms with Gasteiger partial charge >= 0.3 is 18.3 Å². The fourth-order valence-electron chi connectivity index (χ4n) is 4.19. The van der Waals surface area contributed by atoms with Crippen LogP contribution in [0.1, 0.15) is 22.7 Å². The molecule has 216 valence electrons. The molecular formula is C27H15F8N5O2. The Balaban J connectivity index is 1.53. The summed E-state index contributed by atoms with van der Waals surface area (Å²) >= 11 is 0. The lowest BCUT2D eigenvalue weighted by Gasteiger charge is -2.19. The largest absolute Gasteiger partial charge is 0.467 e. The minimum absolute atomic E-state index is 0.00200. The van der Waals surface area contributed by atoms with Crippen LogP contribution in [0.5, 0.6) is 0 Å². The summed E-state index contributed by atoms with van der Waals surface area (Å²) < 4.78 is 114. The molecule has 0 fully saturated rings. The monoisotopic (exact) mass is 593 g/mol. The normalized spacial score (nSPS) is 12.9. The van der Waals surface area contributed by atoms with Crippen LogP contribution >= 0.6 is 0 Å². The van der Waals surface area contributed by atoms with Gasteiger partial charge in [-0.15, -0.1) is 0 Å². The molecule has 0 bridgehead atoms. The number of halogens is 8. The predicted octanol–water partition coefficient (Wildman–Crippen LogP) is 6.59. The fourth-order valence-corrected chi connectivity index (χ4v) is 4.19. The Morgan fingerprint density at radius 3 is 2.24 bits per heavy atom. The highest BCUT2D eigenvalue weighted by Gasteiger charge is 2.38. The number of pyridine rings is 1. The number of hydrogen-bond donors (Lipinski definition) is 0. The first kappa shape index (κ1) is 28.6. The van der Waals surface area contributed by atoms with E-state index in [0.717, 1.165) is 30.1 Å². The molecule has 1 aromatic heterocycles. The number of rotatable bonds is 5. The average Bonchev–Trinajstić information content (AvgIpc) is 3.37. The van der Waals surface area contributed by atoms with Crippen LogP contribution in [0.2, 0.25) is 0 Å². The summed E-state index contributed by atoms with van der Waals surface area (Å²) in [6.45, 7) is 0. The molecule has 2 aromatic carbocycles. The van der Waals surface area contributed by atoms with Crippen LogP contribution in [0.4, 0.5) is 35.1 Å². The second-order valence-electron chi connectivity index (χ2n) is 8.83. The summed E-state index contributed by atoms with van der Waals surface area (Å²) in [5.74, 6) is -3.26. The van der Waals surface area contributed by atoms with E-state index in [4.69, 9.17) is 4.74 Å². The fraction of sp³-hybridized carbons (Fsp3) is 0.148. The predicted molar refractivity (Wildman–Crippen MR) is 130 cm³/mol. The first-order chi connectivity index (χ1) is 19.8. The molecule has 0 aliphatic carbocycles. The summed E-state index contributed by atoms with van der Waals surface area (Å²) in [5.41, 5.74) is -3.71. The number of esters is 1. The van der Waals surface area contributed by atoms with Gasteiger partial charge in [-0.1, -0.05) is 18.2 Å². The van der Waals surface area contributed by atoms with Gasteiger partial charge in [0.15, 0.2) is 23.5 Å². The highest BCUT2D eigenvalue weighted by atomic mass is 19.4. The summed E-state index contributed by atoms with van der Waals surface area (Å²) in [6.07, 6.45) is -6.58. The summed E-state index contributed by atoms with van der Waals surface area (Å²) in [5, 5.41) is 4.12. The summed E-state index contributed by atoms with van der Waals surface area (Å²) in [6, 6.07) is 5.68. The molecule has 0 saturated heterocycles. The van der Waals surface area contributed by atoms with Crippen LogP contribution in [-0.4, -0.2) is 37.8 Å². The van der Waals surface area contributed by atoms with E-state index in [9.17, 15) is 39.9 Å². The molecule has 0 N–H and O–H groups in total. The molecule has 3 heterocycles. The molecule has 2 aliphatic heterocycles. The molecule has 5 rings (SSSR count). The third kappa shape index (κ3) is 5.36. The van der Waals surface area contributed by atoms with Gasteiger partial charge in [0.2, 0.25) is 0 Å². The number of benzene rings is 2. The van der Waals surface area contributed by atoms with Gasteiger partial charge in [0.25, 0.3) is 0 Å². The Hall–Kier alpha value is -4.95. The summed E-state index contributed by atoms with van der Waals surface area (Å²) in [4.78, 5) is 25.0. The van der Waals surface area contributed by atoms with Crippen molar-refractivity contribution in [1.82, 2.24) is 24.7 Å². The van der Waals surface area contributed by atoms with E-state index in [1.54, 1.807) is 0 Å². The van der Waals surface area contributed by atoms with Crippen molar-refractivity contribution in [3.05, 3.63) is 95.4 Å². The number of methoxy groups -OCH3 is 1. The van der Waals surface area contributed by atoms with Gasteiger partial charge in [0.05, 0.1) is 41.9 Å². The number of carbonyl (C=O) groups is 1. The Morgan fingerprint density at radius 1 is 0.857 bits per heavy atom. The Bertz CT molecular complexity index is 1750. The van der Waals surface area contributed by atoms with Crippen molar-refractivity contribution in [2.24, 2.45) is 0 Å². The highest BCUT2D eigenvalue weighted by molar-refractivity contribution is 5.78. The van der Waals surface area contributed by atoms with Gasteiger partial charge in [-0.2, -0.15) is 31.4 Å². The van der Waals surface area contributed by atoms with E-state index in [-0.39, 0.29) is 40.1 Å². The maximum atomic E-state index is 14.3. The molecule has 42 heavy (non-hydrogen) atoms. The number of ether oxygens (including phenoxy) is 1. The number of nitrogens with zero attached hydrogens (tertiary/aromatic N) is 5. The zero-order chi connectivity index (χ0) is 30.4. The number of alkyl halides is 6. The Labute approximate surface area is 230 Å². The van der Waals surface area contributed by atoms with Crippen molar-refractivity contribution >= 4 is 5.97 Å². The third-order valence-electron chi connectivity index (χ3n) is 6.19. The number of hydrogen-bond acceptors (Lipinski definition) is 6. The highest BCUT2D eigenvalue weighted by Crippen LogP contribution is 2.40. The second-order valence-corrected chi connectivity index (χ2v) is 8.83. The quantitative estimate of drug-likeness (QED) is 0.169. The smallest absolute Gasteiger partial charge is 0.417 e. The number of imidazole rings is 1. The minimum atomic E-state index is -5.12. The molecule has 1 unspecified atom stereocenters. The maximum absolute atomic E-state index is 14.3. The van der Waals surface area contributed by atoms with Crippen molar-refractivity contribution < 1.29 is 44.7 Å². The third-order valence-corrected chi connectivity index (χ3v) is 6.19. The van der Waals surface area contributed by atoms with Crippen molar-refractivity contribution in [3.63, 3.8) is 0 Å². The molecule has 2 aliphatic rings. The molecular weight excluding hydrogens is 578 g/mol. The van der Waals surface area contributed by atoms with Crippen LogP contribution in [0, 0.1) is 11.6 Å². The molecule has 3 aromatic rings. The molecule has 1 atom stereocenters. The van der Waals surface area contributed by atoms with Crippen molar-refractivity contribution in [2.75, 3.05) is 7.11 Å². The summed E-state index contributed by atoms with van der Waals surface area (Å²) in [7, 11) is 1.08. The van der Waals surface area contributed by atoms with Crippen LogP contribution < -0.4 is 0 Å². The zero-order valence-corrected chi connectivity index (χ0v) is 21.0. The lowest BCUT2D eigenvalue weighted by atomic mass is 9.99. The second kappa shape index (κ2) is 10.5. The van der Waals surface area contributed by atoms with E-state index in [0.29, 0.717) is 12.1 Å². The van der Waals surface area contributed by atoms with Crippen molar-refractivity contribution in [1.29, 1.82) is 0 Å². The molecule has 7 nitrogen and oxygen atoms in total. The topological polar surface area (TPSA) is 82.8 Å². The number of carbonyl (C=O) groups excluding carboxylic acids is 1. The Morgan fingerprint density at radius 2 is 1.60 bits per heavy atom. The first-order valence-electron chi connectivity index (χ1n) is 11.8. The first-order valence-corrected chi connectivity index (χ1v) is 11.8. The van der Waals surface area contributed by atoms with Crippen LogP contribution in [-0.2, 0) is 21.9 Å². The lowest BCUT2D eigenvalue weighted by Crippen LogP contribution is -2.24. The van der Waals surface area contributed by atoms with E-state index in [1.807, 2.05) is 0 Å². The van der Waals surface area contributed by atoms with E-state index in [1.165, 1.54) is 30.6 Å². The van der Waals surface area contributed by atoms with Crippen LogP contribution in [0.15, 0.2) is 67.1 Å². The van der Waals surface area contributed by atoms with Crippen LogP contribution in [0.25, 0.3) is 34.0 Å². The Kier molecular flexibility index (Phi) is 7.12. The lowest BCUT2D eigenvalue weighted by molar-refractivity contribution is -0.144. The molecule has 0 radical (unpaired) electrons. The molecule has 0 saturated carbocycles. The standard InChI is InChI=1S/C27H15F8N5O2/c1-42-25(41)23(40-12-21-20(11-37-40)38-24(39-21)16-3-2-4-18(28)22(16)29)13-5-8-19(36-10-13)15-7-6-14(26(30,31)32)9-17(15)27(33,34)35/h2-12,23H,1H3. The van der Waals surface area contributed by atoms with E-state index < -0.39 is 52.7 Å². The van der Waals surface area contributed by atoms with Crippen LogP contribution in [0.3, 0.4) is 0 Å². The minimum Gasteiger partial charge on any atom is -0.467 e. The van der Waals surface area contributed by atoms with Gasteiger partial charge in [0, 0.05) is 17.3 Å². The molecule has 15 heteroatoms. The van der Waals surface area contributed by atoms with E-state index >= 15 is 0 Å². The average molecular weight is 593 g/mol. The van der Waals surface area contributed by atoms with Crippen molar-refractivity contribution in [2.45, 2.75) is 18.4 Å². The maximum Gasteiger partial charge on any atom is 0.417 e. The van der Waals surface area contributed by atoms with Gasteiger partial charge in [-0.05, 0) is 30.3 Å². The van der Waals surface area contributed by atoms with Crippen molar-refractivity contribution in [3.8, 4) is 34.0 Å². The molecule has 0 amide bonds. The van der Waals surface area contributed by atoms with Gasteiger partial charge < -0.3 is 4.74 Å². The SMILES string of the molecule is COC(=O)C(c1ccc(-c2ccc(C(F)(F)F)cc2C(F)(F)F)nc1)n1cc2nc(-c3cccc(F)c3F)nc-2cn1.